The van der Waals surface area contributed by atoms with Gasteiger partial charge in [-0.25, -0.2) is 4.39 Å². The number of fused-ring (bicyclic) bond motifs is 1. The van der Waals surface area contributed by atoms with Gasteiger partial charge >= 0.3 is 0 Å². The molecule has 0 aliphatic carbocycles. The summed E-state index contributed by atoms with van der Waals surface area (Å²) in [4.78, 5) is 23.6. The number of halogens is 1. The first-order valence-electron chi connectivity index (χ1n) is 8.23. The minimum Gasteiger partial charge on any atom is -0.483 e. The van der Waals surface area contributed by atoms with E-state index in [1.165, 1.54) is 12.1 Å². The van der Waals surface area contributed by atoms with Crippen LogP contribution in [0, 0.1) is 5.82 Å². The van der Waals surface area contributed by atoms with E-state index >= 15 is 0 Å². The second kappa shape index (κ2) is 7.78. The van der Waals surface area contributed by atoms with Gasteiger partial charge in [0.1, 0.15) is 11.6 Å². The Hall–Kier alpha value is -3.21. The van der Waals surface area contributed by atoms with E-state index < -0.39 is 0 Å². The summed E-state index contributed by atoms with van der Waals surface area (Å²) < 4.78 is 18.5. The zero-order chi connectivity index (χ0) is 18.5. The predicted molar refractivity (Wildman–Crippen MR) is 97.8 cm³/mol. The van der Waals surface area contributed by atoms with Gasteiger partial charge in [0.15, 0.2) is 12.9 Å². The Morgan fingerprint density at radius 2 is 1.85 bits per heavy atom. The first-order valence-corrected chi connectivity index (χ1v) is 8.23. The standard InChI is InChI=1S/C21H18FNO3/c1-14(15-6-9-17(22)10-7-15)23-21(25)13-26-20-11-8-16-4-2-3-5-18(16)19(20)12-24/h2-12,14H,13H2,1H3,(H,23,25). The van der Waals surface area contributed by atoms with E-state index in [9.17, 15) is 14.0 Å². The molecule has 3 rings (SSSR count). The van der Waals surface area contributed by atoms with Crippen LogP contribution in [0.15, 0.2) is 60.7 Å². The molecule has 0 bridgehead atoms. The molecule has 0 heterocycles. The van der Waals surface area contributed by atoms with Gasteiger partial charge in [-0.1, -0.05) is 42.5 Å². The molecule has 0 saturated carbocycles. The van der Waals surface area contributed by atoms with Gasteiger partial charge in [0.2, 0.25) is 0 Å². The number of carbonyl (C=O) groups excluding carboxylic acids is 2. The number of hydrogen-bond acceptors (Lipinski definition) is 3. The quantitative estimate of drug-likeness (QED) is 0.682. The maximum atomic E-state index is 13.0. The van der Waals surface area contributed by atoms with Crippen LogP contribution >= 0.6 is 0 Å². The maximum absolute atomic E-state index is 13.0. The van der Waals surface area contributed by atoms with Crippen LogP contribution in [0.2, 0.25) is 0 Å². The first-order chi connectivity index (χ1) is 12.6. The van der Waals surface area contributed by atoms with Crippen LogP contribution in [0.1, 0.15) is 28.9 Å². The molecular weight excluding hydrogens is 333 g/mol. The number of carbonyl (C=O) groups is 2. The minimum atomic E-state index is -0.327. The second-order valence-electron chi connectivity index (χ2n) is 5.95. The highest BCUT2D eigenvalue weighted by Gasteiger charge is 2.13. The van der Waals surface area contributed by atoms with Gasteiger partial charge in [-0.3, -0.25) is 9.59 Å². The van der Waals surface area contributed by atoms with E-state index in [0.29, 0.717) is 11.3 Å². The molecule has 0 radical (unpaired) electrons. The van der Waals surface area contributed by atoms with Crippen LogP contribution in [-0.2, 0) is 4.79 Å². The van der Waals surface area contributed by atoms with Crippen LogP contribution in [0.5, 0.6) is 5.75 Å². The van der Waals surface area contributed by atoms with Crippen LogP contribution in [0.3, 0.4) is 0 Å². The summed E-state index contributed by atoms with van der Waals surface area (Å²) in [6.45, 7) is 1.59. The summed E-state index contributed by atoms with van der Waals surface area (Å²) in [6.07, 6.45) is 0.733. The fraction of sp³-hybridized carbons (Fsp3) is 0.143. The highest BCUT2D eigenvalue weighted by atomic mass is 19.1. The van der Waals surface area contributed by atoms with Gasteiger partial charge in [-0.05, 0) is 41.5 Å². The largest absolute Gasteiger partial charge is 0.483 e. The lowest BCUT2D eigenvalue weighted by molar-refractivity contribution is -0.123. The van der Waals surface area contributed by atoms with E-state index in [2.05, 4.69) is 5.32 Å². The molecule has 26 heavy (non-hydrogen) atoms. The van der Waals surface area contributed by atoms with Gasteiger partial charge in [-0.2, -0.15) is 0 Å². The van der Waals surface area contributed by atoms with Crippen molar-refractivity contribution < 1.29 is 18.7 Å². The average molecular weight is 351 g/mol. The molecule has 0 aliphatic rings. The van der Waals surface area contributed by atoms with E-state index in [-0.39, 0.29) is 24.4 Å². The predicted octanol–water partition coefficient (Wildman–Crippen LogP) is 4.05. The Bertz CT molecular complexity index is 938. The number of rotatable bonds is 6. The van der Waals surface area contributed by atoms with E-state index in [0.717, 1.165) is 22.6 Å². The van der Waals surface area contributed by atoms with Crippen molar-refractivity contribution in [2.45, 2.75) is 13.0 Å². The van der Waals surface area contributed by atoms with E-state index in [1.807, 2.05) is 30.3 Å². The molecule has 5 heteroatoms. The van der Waals surface area contributed by atoms with Crippen LogP contribution in [-0.4, -0.2) is 18.8 Å². The molecule has 0 saturated heterocycles. The van der Waals surface area contributed by atoms with Crippen molar-refractivity contribution in [3.05, 3.63) is 77.6 Å². The Morgan fingerprint density at radius 3 is 2.58 bits per heavy atom. The van der Waals surface area contributed by atoms with Gasteiger partial charge in [0.25, 0.3) is 5.91 Å². The number of nitrogens with one attached hydrogen (secondary N) is 1. The Balaban J connectivity index is 1.67. The maximum Gasteiger partial charge on any atom is 0.258 e. The molecule has 3 aromatic carbocycles. The van der Waals surface area contributed by atoms with Gasteiger partial charge < -0.3 is 10.1 Å². The molecule has 132 valence electrons. The Kier molecular flexibility index (Phi) is 5.27. The molecule has 1 N–H and O–H groups in total. The molecule has 3 aromatic rings. The van der Waals surface area contributed by atoms with E-state index in [1.54, 1.807) is 25.1 Å². The summed E-state index contributed by atoms with van der Waals surface area (Å²) in [5, 5.41) is 4.49. The molecule has 0 spiro atoms. The van der Waals surface area contributed by atoms with Crippen molar-refractivity contribution >= 4 is 23.0 Å². The summed E-state index contributed by atoms with van der Waals surface area (Å²) in [6, 6.07) is 16.7. The van der Waals surface area contributed by atoms with Gasteiger partial charge in [0, 0.05) is 0 Å². The van der Waals surface area contributed by atoms with Crippen molar-refractivity contribution in [2.75, 3.05) is 6.61 Å². The molecule has 0 aromatic heterocycles. The van der Waals surface area contributed by atoms with Crippen molar-refractivity contribution in [3.63, 3.8) is 0 Å². The summed E-state index contributed by atoms with van der Waals surface area (Å²) in [7, 11) is 0. The molecule has 1 atom stereocenters. The monoisotopic (exact) mass is 351 g/mol. The van der Waals surface area contributed by atoms with Crippen LogP contribution < -0.4 is 10.1 Å². The number of aldehydes is 1. The van der Waals surface area contributed by atoms with Crippen molar-refractivity contribution in [2.24, 2.45) is 0 Å². The highest BCUT2D eigenvalue weighted by molar-refractivity contribution is 6.00. The van der Waals surface area contributed by atoms with Crippen molar-refractivity contribution in [1.29, 1.82) is 0 Å². The molecule has 0 aliphatic heterocycles. The summed E-state index contributed by atoms with van der Waals surface area (Å²) in [5.41, 5.74) is 1.21. The topological polar surface area (TPSA) is 55.4 Å². The van der Waals surface area contributed by atoms with Crippen molar-refractivity contribution in [1.82, 2.24) is 5.32 Å². The summed E-state index contributed by atoms with van der Waals surface area (Å²) in [5.74, 6) is -0.288. The molecule has 0 fully saturated rings. The van der Waals surface area contributed by atoms with Crippen LogP contribution in [0.4, 0.5) is 4.39 Å². The third-order valence-electron chi connectivity index (χ3n) is 4.15. The lowest BCUT2D eigenvalue weighted by Gasteiger charge is -2.15. The minimum absolute atomic E-state index is 0.218. The van der Waals surface area contributed by atoms with Crippen LogP contribution in [0.25, 0.3) is 10.8 Å². The Labute approximate surface area is 150 Å². The number of ether oxygens (including phenoxy) is 1. The third kappa shape index (κ3) is 3.88. The number of hydrogen-bond donors (Lipinski definition) is 1. The smallest absolute Gasteiger partial charge is 0.258 e. The molecule has 1 unspecified atom stereocenters. The molecular formula is C21H18FNO3. The van der Waals surface area contributed by atoms with E-state index in [4.69, 9.17) is 4.74 Å². The fourth-order valence-electron chi connectivity index (χ4n) is 2.78. The average Bonchev–Trinajstić information content (AvgIpc) is 2.66. The summed E-state index contributed by atoms with van der Waals surface area (Å²) >= 11 is 0. The fourth-order valence-corrected chi connectivity index (χ4v) is 2.78. The first kappa shape index (κ1) is 17.6. The SMILES string of the molecule is CC(NC(=O)COc1ccc2ccccc2c1C=O)c1ccc(F)cc1. The lowest BCUT2D eigenvalue weighted by atomic mass is 10.0. The van der Waals surface area contributed by atoms with Crippen molar-refractivity contribution in [3.8, 4) is 5.75 Å². The molecule has 1 amide bonds. The Morgan fingerprint density at radius 1 is 1.12 bits per heavy atom. The highest BCUT2D eigenvalue weighted by Crippen LogP contribution is 2.26. The second-order valence-corrected chi connectivity index (χ2v) is 5.95. The lowest BCUT2D eigenvalue weighted by Crippen LogP contribution is -2.31. The van der Waals surface area contributed by atoms with Gasteiger partial charge in [0.05, 0.1) is 11.6 Å². The zero-order valence-corrected chi connectivity index (χ0v) is 14.2. The number of amides is 1. The normalized spacial score (nSPS) is 11.8. The van der Waals surface area contributed by atoms with Gasteiger partial charge in [-0.15, -0.1) is 0 Å². The zero-order valence-electron chi connectivity index (χ0n) is 14.2. The number of benzene rings is 3. The molecule has 4 nitrogen and oxygen atoms in total. The third-order valence-corrected chi connectivity index (χ3v) is 4.15.